The number of nitrogens with one attached hydrogen (secondary N) is 1. The number of alkyl carbamates (subject to hydrolysis) is 1. The second-order valence-corrected chi connectivity index (χ2v) is 3.81. The SMILES string of the molecule is CC1(c2ccccc2O)CCNC(=O)O1. The zero-order valence-electron chi connectivity index (χ0n) is 8.49. The minimum atomic E-state index is -0.728. The van der Waals surface area contributed by atoms with E-state index in [1.165, 1.54) is 0 Å². The lowest BCUT2D eigenvalue weighted by molar-refractivity contribution is -0.00413. The molecular weight excluding hydrogens is 194 g/mol. The van der Waals surface area contributed by atoms with Gasteiger partial charge in [0, 0.05) is 18.5 Å². The minimum absolute atomic E-state index is 0.162. The van der Waals surface area contributed by atoms with Gasteiger partial charge < -0.3 is 15.2 Å². The summed E-state index contributed by atoms with van der Waals surface area (Å²) in [5.41, 5.74) is -0.0759. The zero-order valence-corrected chi connectivity index (χ0v) is 8.49. The van der Waals surface area contributed by atoms with Crippen LogP contribution in [0.4, 0.5) is 4.79 Å². The van der Waals surface area contributed by atoms with Crippen molar-refractivity contribution in [1.82, 2.24) is 5.32 Å². The number of phenols is 1. The molecule has 0 spiro atoms. The molecule has 0 aromatic heterocycles. The summed E-state index contributed by atoms with van der Waals surface area (Å²) in [5.74, 6) is 0.162. The van der Waals surface area contributed by atoms with Crippen molar-refractivity contribution in [3.05, 3.63) is 29.8 Å². The lowest BCUT2D eigenvalue weighted by Gasteiger charge is -2.34. The molecule has 80 valence electrons. The van der Waals surface area contributed by atoms with Gasteiger partial charge in [-0.05, 0) is 13.0 Å². The Balaban J connectivity index is 2.36. The van der Waals surface area contributed by atoms with E-state index in [-0.39, 0.29) is 5.75 Å². The fraction of sp³-hybridized carbons (Fsp3) is 0.364. The molecule has 0 aliphatic carbocycles. The van der Waals surface area contributed by atoms with Crippen LogP contribution in [0.1, 0.15) is 18.9 Å². The van der Waals surface area contributed by atoms with Crippen molar-refractivity contribution in [2.45, 2.75) is 18.9 Å². The quantitative estimate of drug-likeness (QED) is 0.737. The van der Waals surface area contributed by atoms with E-state index in [0.29, 0.717) is 18.5 Å². The maximum atomic E-state index is 11.1. The molecule has 0 bridgehead atoms. The summed E-state index contributed by atoms with van der Waals surface area (Å²) in [6, 6.07) is 6.92. The van der Waals surface area contributed by atoms with Gasteiger partial charge in [-0.3, -0.25) is 0 Å². The topological polar surface area (TPSA) is 58.6 Å². The molecule has 0 radical (unpaired) electrons. The predicted octanol–water partition coefficient (Wildman–Crippen LogP) is 1.74. The third kappa shape index (κ3) is 1.75. The van der Waals surface area contributed by atoms with E-state index in [1.54, 1.807) is 25.1 Å². The summed E-state index contributed by atoms with van der Waals surface area (Å²) in [7, 11) is 0. The Kier molecular flexibility index (Phi) is 2.26. The standard InChI is InChI=1S/C11H13NO3/c1-11(6-7-12-10(14)15-11)8-4-2-3-5-9(8)13/h2-5,13H,6-7H2,1H3,(H,12,14). The van der Waals surface area contributed by atoms with Crippen LogP contribution in [0.2, 0.25) is 0 Å². The first kappa shape index (κ1) is 9.83. The Morgan fingerprint density at radius 3 is 2.87 bits per heavy atom. The Labute approximate surface area is 87.9 Å². The molecule has 1 atom stereocenters. The minimum Gasteiger partial charge on any atom is -0.508 e. The van der Waals surface area contributed by atoms with Gasteiger partial charge in [-0.2, -0.15) is 0 Å². The second-order valence-electron chi connectivity index (χ2n) is 3.81. The highest BCUT2D eigenvalue weighted by molar-refractivity contribution is 5.69. The Bertz CT molecular complexity index is 391. The Hall–Kier alpha value is -1.71. The Morgan fingerprint density at radius 1 is 1.47 bits per heavy atom. The number of carbonyl (C=O) groups is 1. The van der Waals surface area contributed by atoms with Crippen molar-refractivity contribution in [2.24, 2.45) is 0 Å². The fourth-order valence-electron chi connectivity index (χ4n) is 1.81. The molecule has 4 nitrogen and oxygen atoms in total. The van der Waals surface area contributed by atoms with Crippen molar-refractivity contribution < 1.29 is 14.6 Å². The first-order valence-electron chi connectivity index (χ1n) is 4.87. The summed E-state index contributed by atoms with van der Waals surface area (Å²) in [6.07, 6.45) is 0.211. The number of cyclic esters (lactones) is 1. The first-order chi connectivity index (χ1) is 7.12. The Morgan fingerprint density at radius 2 is 2.20 bits per heavy atom. The van der Waals surface area contributed by atoms with Crippen LogP contribution < -0.4 is 5.32 Å². The van der Waals surface area contributed by atoms with E-state index < -0.39 is 11.7 Å². The van der Waals surface area contributed by atoms with Gasteiger partial charge in [0.15, 0.2) is 0 Å². The predicted molar refractivity (Wildman–Crippen MR) is 54.6 cm³/mol. The van der Waals surface area contributed by atoms with Gasteiger partial charge in [0.1, 0.15) is 11.4 Å². The third-order valence-corrected chi connectivity index (χ3v) is 2.66. The largest absolute Gasteiger partial charge is 0.508 e. The van der Waals surface area contributed by atoms with Crippen LogP contribution in [0.25, 0.3) is 0 Å². The molecule has 1 saturated heterocycles. The van der Waals surface area contributed by atoms with Gasteiger partial charge in [-0.25, -0.2) is 4.79 Å². The van der Waals surface area contributed by atoms with E-state index in [0.717, 1.165) is 0 Å². The summed E-state index contributed by atoms with van der Waals surface area (Å²) in [4.78, 5) is 11.1. The normalized spacial score (nSPS) is 25.5. The summed E-state index contributed by atoms with van der Waals surface area (Å²) < 4.78 is 5.23. The number of hydrogen-bond acceptors (Lipinski definition) is 3. The molecular formula is C11H13NO3. The number of carbonyl (C=O) groups excluding carboxylic acids is 1. The first-order valence-corrected chi connectivity index (χ1v) is 4.87. The van der Waals surface area contributed by atoms with Crippen LogP contribution in [0.15, 0.2) is 24.3 Å². The van der Waals surface area contributed by atoms with Gasteiger partial charge >= 0.3 is 6.09 Å². The van der Waals surface area contributed by atoms with Crippen molar-refractivity contribution in [1.29, 1.82) is 0 Å². The van der Waals surface area contributed by atoms with E-state index in [2.05, 4.69) is 5.32 Å². The van der Waals surface area contributed by atoms with Gasteiger partial charge in [0.2, 0.25) is 0 Å². The van der Waals surface area contributed by atoms with Crippen LogP contribution in [0.3, 0.4) is 0 Å². The van der Waals surface area contributed by atoms with Crippen LogP contribution >= 0.6 is 0 Å². The molecule has 1 heterocycles. The van der Waals surface area contributed by atoms with E-state index >= 15 is 0 Å². The van der Waals surface area contributed by atoms with Crippen LogP contribution in [-0.4, -0.2) is 17.7 Å². The van der Waals surface area contributed by atoms with Gasteiger partial charge in [0.05, 0.1) is 0 Å². The third-order valence-electron chi connectivity index (χ3n) is 2.66. The van der Waals surface area contributed by atoms with E-state index in [4.69, 9.17) is 4.74 Å². The molecule has 15 heavy (non-hydrogen) atoms. The highest BCUT2D eigenvalue weighted by Gasteiger charge is 2.36. The maximum absolute atomic E-state index is 11.1. The second kappa shape index (κ2) is 3.46. The summed E-state index contributed by atoms with van der Waals surface area (Å²) in [6.45, 7) is 2.37. The number of rotatable bonds is 1. The van der Waals surface area contributed by atoms with Crippen molar-refractivity contribution in [3.63, 3.8) is 0 Å². The molecule has 1 aromatic carbocycles. The average molecular weight is 207 g/mol. The lowest BCUT2D eigenvalue weighted by Crippen LogP contribution is -2.43. The molecule has 1 amide bonds. The van der Waals surface area contributed by atoms with Gasteiger partial charge in [-0.1, -0.05) is 18.2 Å². The highest BCUT2D eigenvalue weighted by Crippen LogP contribution is 2.36. The number of phenolic OH excluding ortho intramolecular Hbond substituents is 1. The monoisotopic (exact) mass is 207 g/mol. The fourth-order valence-corrected chi connectivity index (χ4v) is 1.81. The number of para-hydroxylation sites is 1. The molecule has 2 N–H and O–H groups in total. The van der Waals surface area contributed by atoms with Gasteiger partial charge in [0.25, 0.3) is 0 Å². The van der Waals surface area contributed by atoms with Crippen molar-refractivity contribution in [3.8, 4) is 5.75 Å². The van der Waals surface area contributed by atoms with Crippen LogP contribution in [0, 0.1) is 0 Å². The van der Waals surface area contributed by atoms with Crippen LogP contribution in [0.5, 0.6) is 5.75 Å². The zero-order chi connectivity index (χ0) is 10.9. The van der Waals surface area contributed by atoms with E-state index in [9.17, 15) is 9.90 Å². The lowest BCUT2D eigenvalue weighted by atomic mass is 9.90. The molecule has 1 aliphatic rings. The molecule has 2 rings (SSSR count). The molecule has 4 heteroatoms. The van der Waals surface area contributed by atoms with Crippen molar-refractivity contribution in [2.75, 3.05) is 6.54 Å². The number of ether oxygens (including phenoxy) is 1. The van der Waals surface area contributed by atoms with E-state index in [1.807, 2.05) is 6.07 Å². The molecule has 1 aliphatic heterocycles. The number of amides is 1. The van der Waals surface area contributed by atoms with Gasteiger partial charge in [-0.15, -0.1) is 0 Å². The summed E-state index contributed by atoms with van der Waals surface area (Å²) in [5, 5.41) is 12.3. The summed E-state index contributed by atoms with van der Waals surface area (Å²) >= 11 is 0. The molecule has 0 saturated carbocycles. The number of aromatic hydroxyl groups is 1. The van der Waals surface area contributed by atoms with Crippen LogP contribution in [-0.2, 0) is 10.3 Å². The number of benzene rings is 1. The molecule has 1 fully saturated rings. The highest BCUT2D eigenvalue weighted by atomic mass is 16.6. The molecule has 1 aromatic rings. The molecule has 1 unspecified atom stereocenters. The maximum Gasteiger partial charge on any atom is 0.408 e. The van der Waals surface area contributed by atoms with Crippen molar-refractivity contribution >= 4 is 6.09 Å². The number of hydrogen-bond donors (Lipinski definition) is 2. The average Bonchev–Trinajstić information content (AvgIpc) is 2.17. The smallest absolute Gasteiger partial charge is 0.408 e.